The van der Waals surface area contributed by atoms with Crippen molar-refractivity contribution >= 4 is 27.5 Å². The Morgan fingerprint density at radius 1 is 1.42 bits per heavy atom. The summed E-state index contributed by atoms with van der Waals surface area (Å²) in [6.07, 6.45) is 0. The second kappa shape index (κ2) is 5.44. The monoisotopic (exact) mass is 323 g/mol. The summed E-state index contributed by atoms with van der Waals surface area (Å²) in [4.78, 5) is 12.2. The number of benzene rings is 1. The van der Waals surface area contributed by atoms with Gasteiger partial charge in [0.15, 0.2) is 5.69 Å². The molecule has 5 nitrogen and oxygen atoms in total. The van der Waals surface area contributed by atoms with Gasteiger partial charge in [0, 0.05) is 7.05 Å². The van der Waals surface area contributed by atoms with E-state index < -0.39 is 0 Å². The first kappa shape index (κ1) is 13.6. The highest BCUT2D eigenvalue weighted by atomic mass is 79.9. The van der Waals surface area contributed by atoms with Crippen LogP contribution in [-0.4, -0.2) is 22.8 Å². The van der Waals surface area contributed by atoms with Crippen LogP contribution in [0.1, 0.15) is 16.2 Å². The van der Waals surface area contributed by atoms with Crippen molar-refractivity contribution < 1.29 is 9.53 Å². The summed E-state index contributed by atoms with van der Waals surface area (Å²) < 4.78 is 7.54. The number of halogens is 1. The third-order valence-electron chi connectivity index (χ3n) is 2.83. The summed E-state index contributed by atoms with van der Waals surface area (Å²) in [5.74, 6) is 0.333. The largest absolute Gasteiger partial charge is 0.495 e. The topological polar surface area (TPSA) is 56.1 Å². The van der Waals surface area contributed by atoms with Crippen molar-refractivity contribution in [1.29, 1.82) is 0 Å². The molecule has 1 heterocycles. The molecular weight excluding hydrogens is 310 g/mol. The highest BCUT2D eigenvalue weighted by Gasteiger charge is 2.18. The molecule has 1 aromatic carbocycles. The SMILES string of the molecule is COc1ccccc1NC(=O)c1nn(C)c(C)c1Br. The Morgan fingerprint density at radius 3 is 2.68 bits per heavy atom. The van der Waals surface area contributed by atoms with E-state index in [1.54, 1.807) is 31.0 Å². The Hall–Kier alpha value is -1.82. The number of aromatic nitrogens is 2. The molecule has 0 saturated carbocycles. The molecule has 0 radical (unpaired) electrons. The van der Waals surface area contributed by atoms with Crippen LogP contribution in [0.4, 0.5) is 5.69 Å². The molecule has 1 aromatic heterocycles. The number of anilines is 1. The van der Waals surface area contributed by atoms with Gasteiger partial charge in [0.05, 0.1) is 23.0 Å². The zero-order valence-corrected chi connectivity index (χ0v) is 12.5. The predicted molar refractivity (Wildman–Crippen MR) is 76.6 cm³/mol. The second-order valence-electron chi connectivity index (χ2n) is 4.03. The van der Waals surface area contributed by atoms with Crippen LogP contribution >= 0.6 is 15.9 Å². The number of nitrogens with one attached hydrogen (secondary N) is 1. The summed E-state index contributed by atoms with van der Waals surface area (Å²) in [6.45, 7) is 1.89. The minimum absolute atomic E-state index is 0.278. The van der Waals surface area contributed by atoms with Crippen molar-refractivity contribution in [2.24, 2.45) is 7.05 Å². The van der Waals surface area contributed by atoms with Crippen molar-refractivity contribution in [3.63, 3.8) is 0 Å². The molecule has 19 heavy (non-hydrogen) atoms. The first-order valence-corrected chi connectivity index (χ1v) is 6.47. The summed E-state index contributed by atoms with van der Waals surface area (Å²) >= 11 is 3.38. The van der Waals surface area contributed by atoms with Gasteiger partial charge in [-0.3, -0.25) is 9.48 Å². The Balaban J connectivity index is 2.28. The van der Waals surface area contributed by atoms with Crippen LogP contribution in [0.25, 0.3) is 0 Å². The molecule has 0 unspecified atom stereocenters. The first-order valence-electron chi connectivity index (χ1n) is 5.68. The zero-order valence-electron chi connectivity index (χ0n) is 10.9. The number of hydrogen-bond acceptors (Lipinski definition) is 3. The van der Waals surface area contributed by atoms with Gasteiger partial charge in [-0.05, 0) is 35.0 Å². The van der Waals surface area contributed by atoms with E-state index in [4.69, 9.17) is 4.74 Å². The normalized spacial score (nSPS) is 10.3. The maximum atomic E-state index is 12.2. The fourth-order valence-electron chi connectivity index (χ4n) is 1.66. The molecule has 0 aliphatic rings. The molecule has 2 aromatic rings. The van der Waals surface area contributed by atoms with E-state index in [1.807, 2.05) is 19.1 Å². The molecule has 0 aliphatic carbocycles. The Bertz CT molecular complexity index is 622. The lowest BCUT2D eigenvalue weighted by molar-refractivity contribution is 0.102. The minimum Gasteiger partial charge on any atom is -0.495 e. The number of carbonyl (C=O) groups excluding carboxylic acids is 1. The highest BCUT2D eigenvalue weighted by Crippen LogP contribution is 2.25. The van der Waals surface area contributed by atoms with E-state index >= 15 is 0 Å². The Kier molecular flexibility index (Phi) is 3.90. The van der Waals surface area contributed by atoms with E-state index in [-0.39, 0.29) is 5.91 Å². The molecule has 0 saturated heterocycles. The van der Waals surface area contributed by atoms with Gasteiger partial charge in [-0.1, -0.05) is 12.1 Å². The van der Waals surface area contributed by atoms with E-state index in [0.29, 0.717) is 21.6 Å². The number of hydrogen-bond donors (Lipinski definition) is 1. The summed E-state index contributed by atoms with van der Waals surface area (Å²) in [5, 5.41) is 6.97. The highest BCUT2D eigenvalue weighted by molar-refractivity contribution is 9.10. The van der Waals surface area contributed by atoms with E-state index in [0.717, 1.165) is 5.69 Å². The van der Waals surface area contributed by atoms with E-state index in [9.17, 15) is 4.79 Å². The molecule has 1 amide bonds. The molecule has 0 atom stereocenters. The van der Waals surface area contributed by atoms with Gasteiger partial charge in [0.1, 0.15) is 5.75 Å². The van der Waals surface area contributed by atoms with Gasteiger partial charge in [-0.15, -0.1) is 0 Å². The lowest BCUT2D eigenvalue weighted by Crippen LogP contribution is -2.14. The van der Waals surface area contributed by atoms with E-state index in [1.165, 1.54) is 0 Å². The zero-order chi connectivity index (χ0) is 14.0. The number of rotatable bonds is 3. The summed E-state index contributed by atoms with van der Waals surface area (Å²) in [5.41, 5.74) is 1.86. The number of para-hydroxylation sites is 2. The molecule has 6 heteroatoms. The second-order valence-corrected chi connectivity index (χ2v) is 4.82. The molecule has 0 bridgehead atoms. The van der Waals surface area contributed by atoms with Gasteiger partial charge in [-0.2, -0.15) is 5.10 Å². The standard InChI is InChI=1S/C13H14BrN3O2/c1-8-11(14)12(16-17(8)2)13(18)15-9-6-4-5-7-10(9)19-3/h4-7H,1-3H3,(H,15,18). The third kappa shape index (κ3) is 2.63. The summed E-state index contributed by atoms with van der Waals surface area (Å²) in [6, 6.07) is 7.24. The van der Waals surface area contributed by atoms with Crippen molar-refractivity contribution in [2.45, 2.75) is 6.92 Å². The molecule has 100 valence electrons. The number of amides is 1. The minimum atomic E-state index is -0.278. The molecule has 0 spiro atoms. The van der Waals surface area contributed by atoms with Crippen LogP contribution in [0.15, 0.2) is 28.7 Å². The maximum Gasteiger partial charge on any atom is 0.277 e. The van der Waals surface area contributed by atoms with Gasteiger partial charge in [0.2, 0.25) is 0 Å². The van der Waals surface area contributed by atoms with Crippen molar-refractivity contribution in [3.05, 3.63) is 40.1 Å². The average molecular weight is 324 g/mol. The average Bonchev–Trinajstić information content (AvgIpc) is 2.67. The van der Waals surface area contributed by atoms with Crippen LogP contribution in [-0.2, 0) is 7.05 Å². The molecular formula is C13H14BrN3O2. The third-order valence-corrected chi connectivity index (χ3v) is 3.78. The smallest absolute Gasteiger partial charge is 0.277 e. The molecule has 2 rings (SSSR count). The quantitative estimate of drug-likeness (QED) is 0.944. The predicted octanol–water partition coefficient (Wildman–Crippen LogP) is 2.75. The van der Waals surface area contributed by atoms with Gasteiger partial charge >= 0.3 is 0 Å². The van der Waals surface area contributed by atoms with Gasteiger partial charge in [-0.25, -0.2) is 0 Å². The Morgan fingerprint density at radius 2 is 2.11 bits per heavy atom. The number of aryl methyl sites for hydroxylation is 1. The van der Waals surface area contributed by atoms with Crippen molar-refractivity contribution in [1.82, 2.24) is 9.78 Å². The van der Waals surface area contributed by atoms with Gasteiger partial charge < -0.3 is 10.1 Å². The Labute approximate surface area is 119 Å². The maximum absolute atomic E-state index is 12.2. The molecule has 0 fully saturated rings. The van der Waals surface area contributed by atoms with E-state index in [2.05, 4.69) is 26.3 Å². The lowest BCUT2D eigenvalue weighted by Gasteiger charge is -2.08. The van der Waals surface area contributed by atoms with Crippen LogP contribution in [0, 0.1) is 6.92 Å². The fraction of sp³-hybridized carbons (Fsp3) is 0.231. The number of methoxy groups -OCH3 is 1. The fourth-order valence-corrected chi connectivity index (χ4v) is 2.17. The van der Waals surface area contributed by atoms with Gasteiger partial charge in [0.25, 0.3) is 5.91 Å². The number of nitrogens with zero attached hydrogens (tertiary/aromatic N) is 2. The van der Waals surface area contributed by atoms with Crippen LogP contribution < -0.4 is 10.1 Å². The van der Waals surface area contributed by atoms with Crippen molar-refractivity contribution in [2.75, 3.05) is 12.4 Å². The molecule has 1 N–H and O–H groups in total. The van der Waals surface area contributed by atoms with Crippen LogP contribution in [0.5, 0.6) is 5.75 Å². The van der Waals surface area contributed by atoms with Crippen LogP contribution in [0.2, 0.25) is 0 Å². The molecule has 0 aliphatic heterocycles. The summed E-state index contributed by atoms with van der Waals surface area (Å²) in [7, 11) is 3.35. The van der Waals surface area contributed by atoms with Crippen LogP contribution in [0.3, 0.4) is 0 Å². The van der Waals surface area contributed by atoms with Crippen molar-refractivity contribution in [3.8, 4) is 5.75 Å². The first-order chi connectivity index (χ1) is 9.04. The number of carbonyl (C=O) groups is 1. The lowest BCUT2D eigenvalue weighted by atomic mass is 10.2. The number of ether oxygens (including phenoxy) is 1.